The van der Waals surface area contributed by atoms with Crippen LogP contribution in [0.15, 0.2) is 52.5 Å². The van der Waals surface area contributed by atoms with Crippen LogP contribution in [0.1, 0.15) is 17.3 Å². The number of hydrogen-bond donors (Lipinski definition) is 1. The van der Waals surface area contributed by atoms with Gasteiger partial charge in [0, 0.05) is 10.9 Å². The summed E-state index contributed by atoms with van der Waals surface area (Å²) in [6.07, 6.45) is 1.49. The second-order valence-corrected chi connectivity index (χ2v) is 6.20. The third-order valence-electron chi connectivity index (χ3n) is 3.51. The summed E-state index contributed by atoms with van der Waals surface area (Å²) in [6, 6.07) is 9.19. The van der Waals surface area contributed by atoms with E-state index in [9.17, 15) is 14.0 Å². The Labute approximate surface area is 158 Å². The van der Waals surface area contributed by atoms with Crippen molar-refractivity contribution in [3.05, 3.63) is 59.4 Å². The Morgan fingerprint density at radius 2 is 2.04 bits per heavy atom. The van der Waals surface area contributed by atoms with Crippen LogP contribution in [0, 0.1) is 5.82 Å². The first-order chi connectivity index (χ1) is 13.1. The zero-order valence-electron chi connectivity index (χ0n) is 14.4. The molecular formula is C19H16FNO5S. The third kappa shape index (κ3) is 4.35. The van der Waals surface area contributed by atoms with Gasteiger partial charge in [-0.3, -0.25) is 4.79 Å². The van der Waals surface area contributed by atoms with Crippen LogP contribution < -0.4 is 10.1 Å². The van der Waals surface area contributed by atoms with E-state index in [1.807, 2.05) is 0 Å². The average Bonchev–Trinajstić information content (AvgIpc) is 3.30. The number of ether oxygens (including phenoxy) is 2. The van der Waals surface area contributed by atoms with Crippen LogP contribution in [0.5, 0.6) is 5.75 Å². The van der Waals surface area contributed by atoms with Gasteiger partial charge in [-0.1, -0.05) is 12.1 Å². The maximum absolute atomic E-state index is 13.6. The van der Waals surface area contributed by atoms with Crippen molar-refractivity contribution >= 4 is 28.2 Å². The molecule has 1 amide bonds. The standard InChI is InChI=1S/C19H16FNO5S/c1-2-24-19(23)17-12(14-8-5-9-25-14)11-27-18(17)21-16(22)10-26-15-7-4-3-6-13(15)20/h3-9,11H,2,10H2,1H3,(H,21,22). The number of rotatable bonds is 7. The van der Waals surface area contributed by atoms with Gasteiger partial charge in [0.25, 0.3) is 5.91 Å². The molecule has 0 bridgehead atoms. The van der Waals surface area contributed by atoms with Gasteiger partial charge in [-0.05, 0) is 31.2 Å². The lowest BCUT2D eigenvalue weighted by atomic mass is 10.1. The van der Waals surface area contributed by atoms with Crippen molar-refractivity contribution in [2.75, 3.05) is 18.5 Å². The molecule has 2 heterocycles. The minimum absolute atomic E-state index is 0.0271. The number of esters is 1. The number of furan rings is 1. The van der Waals surface area contributed by atoms with Crippen molar-refractivity contribution in [3.8, 4) is 17.1 Å². The van der Waals surface area contributed by atoms with Gasteiger partial charge in [0.05, 0.1) is 12.9 Å². The number of amides is 1. The number of halogens is 1. The van der Waals surface area contributed by atoms with Crippen LogP contribution in [0.4, 0.5) is 9.39 Å². The monoisotopic (exact) mass is 389 g/mol. The number of para-hydroxylation sites is 1. The molecule has 0 unspecified atom stereocenters. The van der Waals surface area contributed by atoms with E-state index in [1.54, 1.807) is 30.5 Å². The largest absolute Gasteiger partial charge is 0.481 e. The van der Waals surface area contributed by atoms with E-state index in [2.05, 4.69) is 5.32 Å². The maximum Gasteiger partial charge on any atom is 0.341 e. The lowest BCUT2D eigenvalue weighted by molar-refractivity contribution is -0.118. The van der Waals surface area contributed by atoms with Crippen molar-refractivity contribution in [3.63, 3.8) is 0 Å². The van der Waals surface area contributed by atoms with Gasteiger partial charge in [0.15, 0.2) is 18.2 Å². The van der Waals surface area contributed by atoms with Gasteiger partial charge < -0.3 is 19.2 Å². The molecule has 27 heavy (non-hydrogen) atoms. The Kier molecular flexibility index (Phi) is 5.87. The highest BCUT2D eigenvalue weighted by atomic mass is 32.1. The van der Waals surface area contributed by atoms with Crippen LogP contribution >= 0.6 is 11.3 Å². The molecule has 1 N–H and O–H groups in total. The third-order valence-corrected chi connectivity index (χ3v) is 4.40. The molecule has 0 aliphatic heterocycles. The van der Waals surface area contributed by atoms with Crippen molar-refractivity contribution < 1.29 is 27.9 Å². The zero-order chi connectivity index (χ0) is 19.2. The molecular weight excluding hydrogens is 373 g/mol. The molecule has 8 heteroatoms. The minimum atomic E-state index is -0.574. The van der Waals surface area contributed by atoms with Gasteiger partial charge in [-0.15, -0.1) is 11.3 Å². The summed E-state index contributed by atoms with van der Waals surface area (Å²) in [5, 5.41) is 4.61. The molecule has 1 aromatic carbocycles. The summed E-state index contributed by atoms with van der Waals surface area (Å²) in [5.74, 6) is -1.21. The smallest absolute Gasteiger partial charge is 0.341 e. The number of carbonyl (C=O) groups is 2. The molecule has 2 aromatic heterocycles. The van der Waals surface area contributed by atoms with Gasteiger partial charge in [0.2, 0.25) is 0 Å². The number of carbonyl (C=O) groups excluding carboxylic acids is 2. The normalized spacial score (nSPS) is 10.4. The Morgan fingerprint density at radius 3 is 2.74 bits per heavy atom. The molecule has 0 saturated heterocycles. The fourth-order valence-electron chi connectivity index (χ4n) is 2.34. The minimum Gasteiger partial charge on any atom is -0.481 e. The average molecular weight is 389 g/mol. The maximum atomic E-state index is 13.6. The highest BCUT2D eigenvalue weighted by Crippen LogP contribution is 2.36. The predicted octanol–water partition coefficient (Wildman–Crippen LogP) is 4.34. The van der Waals surface area contributed by atoms with Crippen LogP contribution in [0.3, 0.4) is 0 Å². The summed E-state index contributed by atoms with van der Waals surface area (Å²) < 4.78 is 29.2. The molecule has 0 aliphatic carbocycles. The molecule has 0 atom stereocenters. The van der Waals surface area contributed by atoms with Crippen molar-refractivity contribution in [1.82, 2.24) is 0 Å². The summed E-state index contributed by atoms with van der Waals surface area (Å²) in [4.78, 5) is 24.6. The van der Waals surface area contributed by atoms with Crippen molar-refractivity contribution in [2.24, 2.45) is 0 Å². The second-order valence-electron chi connectivity index (χ2n) is 5.32. The topological polar surface area (TPSA) is 77.8 Å². The molecule has 0 radical (unpaired) electrons. The zero-order valence-corrected chi connectivity index (χ0v) is 15.2. The van der Waals surface area contributed by atoms with Crippen LogP contribution in [-0.4, -0.2) is 25.1 Å². The summed E-state index contributed by atoms with van der Waals surface area (Å²) in [5.41, 5.74) is 0.727. The van der Waals surface area contributed by atoms with Gasteiger partial charge in [0.1, 0.15) is 16.3 Å². The molecule has 0 aliphatic rings. The fourth-order valence-corrected chi connectivity index (χ4v) is 3.29. The fraction of sp³-hybridized carbons (Fsp3) is 0.158. The van der Waals surface area contributed by atoms with E-state index >= 15 is 0 Å². The van der Waals surface area contributed by atoms with E-state index in [0.29, 0.717) is 16.3 Å². The van der Waals surface area contributed by atoms with Gasteiger partial charge >= 0.3 is 5.97 Å². The number of benzene rings is 1. The second kappa shape index (κ2) is 8.50. The quantitative estimate of drug-likeness (QED) is 0.608. The lowest BCUT2D eigenvalue weighted by Crippen LogP contribution is -2.21. The van der Waals surface area contributed by atoms with Gasteiger partial charge in [-0.25, -0.2) is 9.18 Å². The van der Waals surface area contributed by atoms with Crippen molar-refractivity contribution in [2.45, 2.75) is 6.92 Å². The predicted molar refractivity (Wildman–Crippen MR) is 98.5 cm³/mol. The van der Waals surface area contributed by atoms with Crippen LogP contribution in [0.2, 0.25) is 0 Å². The summed E-state index contributed by atoms with van der Waals surface area (Å²) in [7, 11) is 0. The van der Waals surface area contributed by atoms with E-state index in [4.69, 9.17) is 13.9 Å². The first kappa shape index (κ1) is 18.7. The highest BCUT2D eigenvalue weighted by Gasteiger charge is 2.24. The Hall–Kier alpha value is -3.13. The van der Waals surface area contributed by atoms with Crippen molar-refractivity contribution in [1.29, 1.82) is 0 Å². The lowest BCUT2D eigenvalue weighted by Gasteiger charge is -2.09. The highest BCUT2D eigenvalue weighted by molar-refractivity contribution is 7.15. The van der Waals surface area contributed by atoms with E-state index in [-0.39, 0.29) is 17.9 Å². The first-order valence-electron chi connectivity index (χ1n) is 8.09. The number of nitrogens with one attached hydrogen (secondary N) is 1. The SMILES string of the molecule is CCOC(=O)c1c(-c2ccco2)csc1NC(=O)COc1ccccc1F. The van der Waals surface area contributed by atoms with Crippen LogP contribution in [-0.2, 0) is 9.53 Å². The van der Waals surface area contributed by atoms with Crippen LogP contribution in [0.25, 0.3) is 11.3 Å². The summed E-state index contributed by atoms with van der Waals surface area (Å²) >= 11 is 1.16. The molecule has 140 valence electrons. The Morgan fingerprint density at radius 1 is 1.22 bits per heavy atom. The molecule has 3 rings (SSSR count). The Bertz CT molecular complexity index is 935. The molecule has 0 saturated carbocycles. The van der Waals surface area contributed by atoms with E-state index < -0.39 is 24.3 Å². The summed E-state index contributed by atoms with van der Waals surface area (Å²) in [6.45, 7) is 1.48. The number of thiophene rings is 1. The molecule has 6 nitrogen and oxygen atoms in total. The number of anilines is 1. The Balaban J connectivity index is 1.77. The number of hydrogen-bond acceptors (Lipinski definition) is 6. The molecule has 0 spiro atoms. The van der Waals surface area contributed by atoms with E-state index in [0.717, 1.165) is 11.3 Å². The first-order valence-corrected chi connectivity index (χ1v) is 8.97. The van der Waals surface area contributed by atoms with E-state index in [1.165, 1.54) is 24.5 Å². The molecule has 3 aromatic rings. The van der Waals surface area contributed by atoms with Gasteiger partial charge in [-0.2, -0.15) is 0 Å². The molecule has 0 fully saturated rings.